The van der Waals surface area contributed by atoms with Gasteiger partial charge in [-0.25, -0.2) is 0 Å². The first kappa shape index (κ1) is 18.0. The number of piperidine rings is 2. The van der Waals surface area contributed by atoms with Crippen LogP contribution in [-0.4, -0.2) is 53.5 Å². The molecule has 0 unspecified atom stereocenters. The highest BCUT2D eigenvalue weighted by Crippen LogP contribution is 2.39. The molecular formula is C19H29N3O3. The quantitative estimate of drug-likeness (QED) is 0.905. The standard InChI is InChI=1S/C19H29N3O3/c1-14(2)22-13-19(7-5-18(22)24)6-4-8-21(12-19)11-15-9-16(23)17(25-3)10-20-15/h9-10,14H,4-8,11-13H2,1-3H3,(H,20,23)/t19-/m1/s1. The third-order valence-corrected chi connectivity index (χ3v) is 5.61. The number of nitrogens with zero attached hydrogens (tertiary/aromatic N) is 2. The molecule has 1 atom stereocenters. The average molecular weight is 347 g/mol. The largest absolute Gasteiger partial charge is 0.491 e. The molecule has 0 radical (unpaired) electrons. The molecule has 1 aromatic rings. The summed E-state index contributed by atoms with van der Waals surface area (Å²) in [5, 5.41) is 0. The van der Waals surface area contributed by atoms with Gasteiger partial charge in [0, 0.05) is 55.5 Å². The fourth-order valence-electron chi connectivity index (χ4n) is 4.29. The number of carbonyl (C=O) groups is 1. The average Bonchev–Trinajstić information content (AvgIpc) is 2.58. The Hall–Kier alpha value is -1.82. The summed E-state index contributed by atoms with van der Waals surface area (Å²) in [6.07, 6.45) is 5.59. The van der Waals surface area contributed by atoms with Crippen molar-refractivity contribution >= 4 is 5.91 Å². The Kier molecular flexibility index (Phi) is 5.18. The number of likely N-dealkylation sites (tertiary alicyclic amines) is 2. The van der Waals surface area contributed by atoms with Crippen molar-refractivity contribution in [1.29, 1.82) is 0 Å². The van der Waals surface area contributed by atoms with Gasteiger partial charge in [0.05, 0.1) is 7.11 Å². The summed E-state index contributed by atoms with van der Waals surface area (Å²) in [5.74, 6) is 0.634. The van der Waals surface area contributed by atoms with Gasteiger partial charge in [0.25, 0.3) is 0 Å². The number of H-pyrrole nitrogens is 1. The van der Waals surface area contributed by atoms with Crippen LogP contribution < -0.4 is 10.2 Å². The molecule has 6 heteroatoms. The monoisotopic (exact) mass is 347 g/mol. The van der Waals surface area contributed by atoms with Crippen LogP contribution in [0.25, 0.3) is 0 Å². The molecular weight excluding hydrogens is 318 g/mol. The molecule has 2 fully saturated rings. The van der Waals surface area contributed by atoms with Crippen molar-refractivity contribution in [3.05, 3.63) is 28.2 Å². The first-order valence-corrected chi connectivity index (χ1v) is 9.20. The minimum absolute atomic E-state index is 0.0859. The molecule has 2 saturated heterocycles. The van der Waals surface area contributed by atoms with E-state index in [1.165, 1.54) is 13.5 Å². The topological polar surface area (TPSA) is 65.6 Å². The van der Waals surface area contributed by atoms with Crippen LogP contribution in [0.2, 0.25) is 0 Å². The van der Waals surface area contributed by atoms with Crippen LogP contribution in [0.4, 0.5) is 0 Å². The molecule has 0 saturated carbocycles. The second kappa shape index (κ2) is 7.20. The lowest BCUT2D eigenvalue weighted by Gasteiger charge is -2.49. The van der Waals surface area contributed by atoms with Crippen LogP contribution in [0.5, 0.6) is 5.75 Å². The molecule has 1 spiro atoms. The number of aromatic amines is 1. The number of methoxy groups -OCH3 is 1. The summed E-state index contributed by atoms with van der Waals surface area (Å²) < 4.78 is 5.03. The van der Waals surface area contributed by atoms with Gasteiger partial charge in [0.15, 0.2) is 5.75 Å². The van der Waals surface area contributed by atoms with Gasteiger partial charge in [-0.1, -0.05) is 0 Å². The molecule has 1 N–H and O–H groups in total. The zero-order valence-corrected chi connectivity index (χ0v) is 15.5. The zero-order valence-electron chi connectivity index (χ0n) is 15.5. The van der Waals surface area contributed by atoms with Gasteiger partial charge in [0.2, 0.25) is 11.3 Å². The van der Waals surface area contributed by atoms with E-state index < -0.39 is 0 Å². The first-order valence-electron chi connectivity index (χ1n) is 9.20. The summed E-state index contributed by atoms with van der Waals surface area (Å²) in [6.45, 7) is 7.80. The number of carbonyl (C=O) groups excluding carboxylic acids is 1. The molecule has 2 aliphatic rings. The Morgan fingerprint density at radius 3 is 2.76 bits per heavy atom. The van der Waals surface area contributed by atoms with Crippen LogP contribution in [0.3, 0.4) is 0 Å². The predicted molar refractivity (Wildman–Crippen MR) is 96.6 cm³/mol. The van der Waals surface area contributed by atoms with Crippen molar-refractivity contribution in [1.82, 2.24) is 14.8 Å². The molecule has 3 heterocycles. The highest BCUT2D eigenvalue weighted by Gasteiger charge is 2.42. The zero-order chi connectivity index (χ0) is 18.0. The Bertz CT molecular complexity index is 685. The number of aromatic nitrogens is 1. The summed E-state index contributed by atoms with van der Waals surface area (Å²) >= 11 is 0. The van der Waals surface area contributed by atoms with Gasteiger partial charge in [-0.3, -0.25) is 14.5 Å². The second-order valence-corrected chi connectivity index (χ2v) is 7.82. The smallest absolute Gasteiger partial charge is 0.223 e. The molecule has 3 rings (SSSR count). The second-order valence-electron chi connectivity index (χ2n) is 7.82. The van der Waals surface area contributed by atoms with Crippen LogP contribution in [-0.2, 0) is 11.3 Å². The predicted octanol–water partition coefficient (Wildman–Crippen LogP) is 2.00. The normalized spacial score (nSPS) is 25.0. The van der Waals surface area contributed by atoms with Crippen molar-refractivity contribution in [2.75, 3.05) is 26.7 Å². The first-order chi connectivity index (χ1) is 11.9. The van der Waals surface area contributed by atoms with E-state index in [0.29, 0.717) is 12.2 Å². The van der Waals surface area contributed by atoms with Gasteiger partial charge < -0.3 is 14.6 Å². The van der Waals surface area contributed by atoms with E-state index in [1.54, 1.807) is 12.3 Å². The SMILES string of the molecule is COc1c[nH]c(CN2CCC[C@@]3(CCC(=O)N(C(C)C)C3)C2)cc1=O. The molecule has 1 amide bonds. The van der Waals surface area contributed by atoms with E-state index in [-0.39, 0.29) is 22.8 Å². The van der Waals surface area contributed by atoms with Gasteiger partial charge >= 0.3 is 0 Å². The Morgan fingerprint density at radius 2 is 2.08 bits per heavy atom. The number of nitrogens with one attached hydrogen (secondary N) is 1. The van der Waals surface area contributed by atoms with E-state index in [0.717, 1.165) is 44.7 Å². The maximum absolute atomic E-state index is 12.2. The van der Waals surface area contributed by atoms with Crippen molar-refractivity contribution in [2.45, 2.75) is 52.1 Å². The molecule has 0 aromatic carbocycles. The van der Waals surface area contributed by atoms with E-state index in [4.69, 9.17) is 4.74 Å². The van der Waals surface area contributed by atoms with E-state index >= 15 is 0 Å². The lowest BCUT2D eigenvalue weighted by molar-refractivity contribution is -0.141. The summed E-state index contributed by atoms with van der Waals surface area (Å²) in [7, 11) is 1.50. The van der Waals surface area contributed by atoms with Gasteiger partial charge in [-0.2, -0.15) is 0 Å². The Morgan fingerprint density at radius 1 is 1.28 bits per heavy atom. The molecule has 6 nitrogen and oxygen atoms in total. The molecule has 0 aliphatic carbocycles. The highest BCUT2D eigenvalue weighted by atomic mass is 16.5. The number of hydrogen-bond acceptors (Lipinski definition) is 4. The number of ether oxygens (including phenoxy) is 1. The van der Waals surface area contributed by atoms with Crippen molar-refractivity contribution < 1.29 is 9.53 Å². The minimum atomic E-state index is -0.0859. The van der Waals surface area contributed by atoms with E-state index in [2.05, 4.69) is 23.7 Å². The molecule has 2 aliphatic heterocycles. The molecule has 138 valence electrons. The number of pyridine rings is 1. The fourth-order valence-corrected chi connectivity index (χ4v) is 4.29. The fraction of sp³-hybridized carbons (Fsp3) is 0.684. The van der Waals surface area contributed by atoms with Crippen LogP contribution >= 0.6 is 0 Å². The number of hydrogen-bond donors (Lipinski definition) is 1. The Labute approximate surface area is 149 Å². The van der Waals surface area contributed by atoms with Crippen molar-refractivity contribution in [3.63, 3.8) is 0 Å². The van der Waals surface area contributed by atoms with Crippen LogP contribution in [0.15, 0.2) is 17.1 Å². The van der Waals surface area contributed by atoms with Crippen molar-refractivity contribution in [2.24, 2.45) is 5.41 Å². The molecule has 25 heavy (non-hydrogen) atoms. The summed E-state index contributed by atoms with van der Waals surface area (Å²) in [5.41, 5.74) is 1.02. The minimum Gasteiger partial charge on any atom is -0.491 e. The van der Waals surface area contributed by atoms with Crippen LogP contribution in [0, 0.1) is 5.41 Å². The van der Waals surface area contributed by atoms with Crippen molar-refractivity contribution in [3.8, 4) is 5.75 Å². The number of rotatable bonds is 4. The lowest BCUT2D eigenvalue weighted by Crippen LogP contribution is -2.55. The Balaban J connectivity index is 1.70. The van der Waals surface area contributed by atoms with Crippen LogP contribution in [0.1, 0.15) is 45.2 Å². The third kappa shape index (κ3) is 3.89. The van der Waals surface area contributed by atoms with E-state index in [9.17, 15) is 9.59 Å². The summed E-state index contributed by atoms with van der Waals surface area (Å²) in [4.78, 5) is 31.8. The maximum Gasteiger partial charge on any atom is 0.223 e. The molecule has 1 aromatic heterocycles. The van der Waals surface area contributed by atoms with E-state index in [1.807, 2.05) is 4.90 Å². The van der Waals surface area contributed by atoms with Gasteiger partial charge in [-0.15, -0.1) is 0 Å². The number of amides is 1. The summed E-state index contributed by atoms with van der Waals surface area (Å²) in [6, 6.07) is 1.89. The van der Waals surface area contributed by atoms with Gasteiger partial charge in [-0.05, 0) is 39.7 Å². The maximum atomic E-state index is 12.2. The third-order valence-electron chi connectivity index (χ3n) is 5.61. The highest BCUT2D eigenvalue weighted by molar-refractivity contribution is 5.77. The lowest BCUT2D eigenvalue weighted by atomic mass is 9.73. The van der Waals surface area contributed by atoms with Gasteiger partial charge in [0.1, 0.15) is 0 Å². The molecule has 0 bridgehead atoms.